The van der Waals surface area contributed by atoms with Gasteiger partial charge in [-0.05, 0) is 12.5 Å². The highest BCUT2D eigenvalue weighted by Crippen LogP contribution is 2.39. The van der Waals surface area contributed by atoms with Gasteiger partial charge in [0, 0.05) is 36.8 Å². The number of hydrogen-bond donors (Lipinski definition) is 1. The third kappa shape index (κ3) is 3.51. The Morgan fingerprint density at radius 1 is 1.38 bits per heavy atom. The van der Waals surface area contributed by atoms with Crippen molar-refractivity contribution in [2.24, 2.45) is 0 Å². The van der Waals surface area contributed by atoms with E-state index in [9.17, 15) is 9.00 Å². The number of rotatable bonds is 6. The first-order chi connectivity index (χ1) is 12.4. The Morgan fingerprint density at radius 2 is 2.15 bits per heavy atom. The van der Waals surface area contributed by atoms with Crippen LogP contribution in [0.15, 0.2) is 21.9 Å². The summed E-state index contributed by atoms with van der Waals surface area (Å²) in [7, 11) is 2.20. The van der Waals surface area contributed by atoms with E-state index in [4.69, 9.17) is 5.73 Å². The van der Waals surface area contributed by atoms with E-state index in [-0.39, 0.29) is 5.91 Å². The highest BCUT2D eigenvalue weighted by atomic mass is 32.2. The van der Waals surface area contributed by atoms with Gasteiger partial charge in [-0.25, -0.2) is 9.97 Å². The van der Waals surface area contributed by atoms with Crippen LogP contribution in [-0.4, -0.2) is 44.8 Å². The van der Waals surface area contributed by atoms with Gasteiger partial charge in [-0.2, -0.15) is 0 Å². The molecule has 1 atom stereocenters. The van der Waals surface area contributed by atoms with Crippen molar-refractivity contribution in [1.82, 2.24) is 14.9 Å². The zero-order chi connectivity index (χ0) is 18.8. The lowest BCUT2D eigenvalue weighted by molar-refractivity contribution is 0.0829. The number of carbonyl (C=O) groups excluding carboxylic acids is 1. The van der Waals surface area contributed by atoms with Gasteiger partial charge in [0.05, 0.1) is 22.1 Å². The van der Waals surface area contributed by atoms with Crippen molar-refractivity contribution in [3.8, 4) is 10.7 Å². The summed E-state index contributed by atoms with van der Waals surface area (Å²) < 4.78 is 13.2. The quantitative estimate of drug-likeness (QED) is 0.673. The number of nitrogens with zero attached hydrogens (tertiary/aromatic N) is 3. The molecule has 0 radical (unpaired) electrons. The monoisotopic (exact) mass is 408 g/mol. The van der Waals surface area contributed by atoms with E-state index in [2.05, 4.69) is 16.9 Å². The van der Waals surface area contributed by atoms with Crippen LogP contribution in [0.2, 0.25) is 0 Å². The standard InChI is InChI=1S/C17H20N4O2S3/c1-4-5-8-26(23)17-13(18)12-10(16(22)21(2)3)9-11(20-15(12)25-17)14-19-6-7-24-14/h6-7,9H,4-5,8,18H2,1-3H3. The third-order valence-corrected chi connectivity index (χ3v) is 7.63. The van der Waals surface area contributed by atoms with Crippen molar-refractivity contribution in [3.63, 3.8) is 0 Å². The number of anilines is 1. The maximum Gasteiger partial charge on any atom is 0.254 e. The van der Waals surface area contributed by atoms with Gasteiger partial charge in [0.15, 0.2) is 0 Å². The summed E-state index contributed by atoms with van der Waals surface area (Å²) in [6.45, 7) is 2.06. The lowest BCUT2D eigenvalue weighted by Gasteiger charge is -2.12. The van der Waals surface area contributed by atoms with E-state index < -0.39 is 10.8 Å². The lowest BCUT2D eigenvalue weighted by atomic mass is 10.1. The second kappa shape index (κ2) is 7.81. The Bertz CT molecular complexity index is 964. The van der Waals surface area contributed by atoms with E-state index in [0.717, 1.165) is 17.8 Å². The first kappa shape index (κ1) is 18.9. The molecule has 0 bridgehead atoms. The third-order valence-electron chi connectivity index (χ3n) is 3.84. The minimum absolute atomic E-state index is 0.161. The van der Waals surface area contributed by atoms with Gasteiger partial charge in [0.25, 0.3) is 5.91 Å². The van der Waals surface area contributed by atoms with Crippen LogP contribution in [0.25, 0.3) is 20.9 Å². The smallest absolute Gasteiger partial charge is 0.254 e. The van der Waals surface area contributed by atoms with Gasteiger partial charge in [-0.15, -0.1) is 22.7 Å². The summed E-state index contributed by atoms with van der Waals surface area (Å²) in [4.78, 5) is 23.8. The van der Waals surface area contributed by atoms with Crippen molar-refractivity contribution >= 4 is 55.3 Å². The summed E-state index contributed by atoms with van der Waals surface area (Å²) >= 11 is 2.76. The molecule has 1 amide bonds. The number of nitrogen functional groups attached to an aromatic ring is 1. The molecule has 1 unspecified atom stereocenters. The molecule has 9 heteroatoms. The minimum atomic E-state index is -1.19. The van der Waals surface area contributed by atoms with Crippen molar-refractivity contribution in [3.05, 3.63) is 23.2 Å². The maximum absolute atomic E-state index is 12.7. The van der Waals surface area contributed by atoms with E-state index in [0.29, 0.717) is 37.1 Å². The Morgan fingerprint density at radius 3 is 2.77 bits per heavy atom. The van der Waals surface area contributed by atoms with Crippen LogP contribution in [0.3, 0.4) is 0 Å². The maximum atomic E-state index is 12.7. The molecule has 0 aliphatic heterocycles. The normalized spacial score (nSPS) is 12.4. The molecular formula is C17H20N4O2S3. The molecule has 0 saturated heterocycles. The van der Waals surface area contributed by atoms with Gasteiger partial charge < -0.3 is 10.6 Å². The summed E-state index contributed by atoms with van der Waals surface area (Å²) in [6, 6.07) is 1.73. The number of hydrogen-bond acceptors (Lipinski definition) is 7. The fourth-order valence-electron chi connectivity index (χ4n) is 2.51. The number of thiophene rings is 1. The highest BCUT2D eigenvalue weighted by molar-refractivity contribution is 7.87. The van der Waals surface area contributed by atoms with Gasteiger partial charge >= 0.3 is 0 Å². The fraction of sp³-hybridized carbons (Fsp3) is 0.353. The minimum Gasteiger partial charge on any atom is -0.396 e. The number of carbonyl (C=O) groups is 1. The largest absolute Gasteiger partial charge is 0.396 e. The fourth-order valence-corrected chi connectivity index (χ4v) is 5.90. The molecule has 26 heavy (non-hydrogen) atoms. The Hall–Kier alpha value is -1.84. The molecule has 0 spiro atoms. The summed E-state index contributed by atoms with van der Waals surface area (Å²) in [6.07, 6.45) is 3.53. The van der Waals surface area contributed by atoms with Crippen LogP contribution in [-0.2, 0) is 10.8 Å². The zero-order valence-corrected chi connectivity index (χ0v) is 17.3. The average Bonchev–Trinajstić information content (AvgIpc) is 3.26. The number of thiazole rings is 1. The van der Waals surface area contributed by atoms with Crippen molar-refractivity contribution < 1.29 is 9.00 Å². The lowest BCUT2D eigenvalue weighted by Crippen LogP contribution is -2.22. The highest BCUT2D eigenvalue weighted by Gasteiger charge is 2.24. The average molecular weight is 409 g/mol. The Labute approximate surface area is 162 Å². The number of nitrogens with two attached hydrogens (primary N) is 1. The molecule has 3 heterocycles. The van der Waals surface area contributed by atoms with Crippen molar-refractivity contribution in [2.75, 3.05) is 25.6 Å². The van der Waals surface area contributed by atoms with E-state index in [1.165, 1.54) is 27.6 Å². The van der Waals surface area contributed by atoms with E-state index >= 15 is 0 Å². The first-order valence-corrected chi connectivity index (χ1v) is 11.2. The summed E-state index contributed by atoms with van der Waals surface area (Å²) in [5.41, 5.74) is 7.82. The number of pyridine rings is 1. The summed E-state index contributed by atoms with van der Waals surface area (Å²) in [5.74, 6) is 0.398. The number of amides is 1. The van der Waals surface area contributed by atoms with Crippen LogP contribution in [0.4, 0.5) is 5.69 Å². The van der Waals surface area contributed by atoms with E-state index in [1.807, 2.05) is 5.38 Å². The van der Waals surface area contributed by atoms with E-state index in [1.54, 1.807) is 26.4 Å². The number of unbranched alkanes of at least 4 members (excludes halogenated alkanes) is 1. The van der Waals surface area contributed by atoms with Crippen LogP contribution in [0.1, 0.15) is 30.1 Å². The van der Waals surface area contributed by atoms with Crippen LogP contribution < -0.4 is 5.73 Å². The Kier molecular flexibility index (Phi) is 5.69. The SMILES string of the molecule is CCCCS(=O)c1sc2nc(-c3nccs3)cc(C(=O)N(C)C)c2c1N. The van der Waals surface area contributed by atoms with Crippen LogP contribution in [0.5, 0.6) is 0 Å². The molecular weight excluding hydrogens is 388 g/mol. The number of fused-ring (bicyclic) bond motifs is 1. The predicted molar refractivity (Wildman–Crippen MR) is 109 cm³/mol. The zero-order valence-electron chi connectivity index (χ0n) is 14.8. The van der Waals surface area contributed by atoms with Crippen molar-refractivity contribution in [2.45, 2.75) is 24.0 Å². The van der Waals surface area contributed by atoms with Crippen molar-refractivity contribution in [1.29, 1.82) is 0 Å². The molecule has 138 valence electrons. The summed E-state index contributed by atoms with van der Waals surface area (Å²) in [5, 5.41) is 3.19. The van der Waals surface area contributed by atoms with Gasteiger partial charge in [0.1, 0.15) is 19.7 Å². The molecule has 6 nitrogen and oxygen atoms in total. The van der Waals surface area contributed by atoms with Crippen LogP contribution in [0, 0.1) is 0 Å². The molecule has 0 aliphatic rings. The molecule has 0 aromatic carbocycles. The number of aromatic nitrogens is 2. The molecule has 3 aromatic rings. The molecule has 0 saturated carbocycles. The topological polar surface area (TPSA) is 89.2 Å². The first-order valence-electron chi connectivity index (χ1n) is 8.17. The molecule has 3 rings (SSSR count). The van der Waals surface area contributed by atoms with Gasteiger partial charge in [0.2, 0.25) is 0 Å². The van der Waals surface area contributed by atoms with Gasteiger partial charge in [-0.3, -0.25) is 9.00 Å². The molecule has 0 fully saturated rings. The van der Waals surface area contributed by atoms with Gasteiger partial charge in [-0.1, -0.05) is 13.3 Å². The second-order valence-electron chi connectivity index (χ2n) is 5.98. The Balaban J connectivity index is 2.22. The van der Waals surface area contributed by atoms with Crippen LogP contribution >= 0.6 is 22.7 Å². The second-order valence-corrected chi connectivity index (χ2v) is 9.64. The molecule has 0 aliphatic carbocycles. The molecule has 3 aromatic heterocycles. The predicted octanol–water partition coefficient (Wildman–Crippen LogP) is 3.61. The molecule has 2 N–H and O–H groups in total.